The smallest absolute Gasteiger partial charge is 0.140 e. The first-order chi connectivity index (χ1) is 8.38. The summed E-state index contributed by atoms with van der Waals surface area (Å²) in [4.78, 5) is 12.2. The molecule has 1 nitrogen and oxygen atoms in total. The standard InChI is InChI=1S/C15H18F2O/c1-15(2)5-3-4-13(15)14(18)8-10-6-11(16)9-12(17)7-10/h6-7,9,13H,3-5,8H2,1-2H3. The van der Waals surface area contributed by atoms with Crippen molar-refractivity contribution in [1.82, 2.24) is 0 Å². The molecule has 0 saturated heterocycles. The van der Waals surface area contributed by atoms with E-state index in [9.17, 15) is 13.6 Å². The van der Waals surface area contributed by atoms with E-state index in [0.29, 0.717) is 5.56 Å². The van der Waals surface area contributed by atoms with Gasteiger partial charge < -0.3 is 0 Å². The Balaban J connectivity index is 2.12. The van der Waals surface area contributed by atoms with Crippen LogP contribution in [0.2, 0.25) is 0 Å². The highest BCUT2D eigenvalue weighted by atomic mass is 19.1. The van der Waals surface area contributed by atoms with Crippen molar-refractivity contribution in [2.75, 3.05) is 0 Å². The van der Waals surface area contributed by atoms with Crippen LogP contribution in [0.5, 0.6) is 0 Å². The molecule has 0 bridgehead atoms. The molecule has 0 amide bonds. The van der Waals surface area contributed by atoms with Gasteiger partial charge in [0.15, 0.2) is 0 Å². The Morgan fingerprint density at radius 2 is 1.89 bits per heavy atom. The summed E-state index contributed by atoms with van der Waals surface area (Å²) >= 11 is 0. The molecular formula is C15H18F2O. The number of carbonyl (C=O) groups is 1. The van der Waals surface area contributed by atoms with Crippen LogP contribution >= 0.6 is 0 Å². The zero-order chi connectivity index (χ0) is 13.3. The van der Waals surface area contributed by atoms with Gasteiger partial charge in [-0.2, -0.15) is 0 Å². The maximum absolute atomic E-state index is 13.1. The molecule has 1 aliphatic carbocycles. The number of ketones is 1. The molecular weight excluding hydrogens is 234 g/mol. The van der Waals surface area contributed by atoms with Crippen molar-refractivity contribution in [3.63, 3.8) is 0 Å². The lowest BCUT2D eigenvalue weighted by atomic mass is 9.78. The fraction of sp³-hybridized carbons (Fsp3) is 0.533. The first kappa shape index (κ1) is 13.2. The van der Waals surface area contributed by atoms with Crippen molar-refractivity contribution >= 4 is 5.78 Å². The lowest BCUT2D eigenvalue weighted by Crippen LogP contribution is -2.27. The molecule has 1 fully saturated rings. The highest BCUT2D eigenvalue weighted by Gasteiger charge is 2.38. The predicted molar refractivity (Wildman–Crippen MR) is 66.2 cm³/mol. The Morgan fingerprint density at radius 1 is 1.28 bits per heavy atom. The van der Waals surface area contributed by atoms with Crippen LogP contribution in [0, 0.1) is 23.0 Å². The number of rotatable bonds is 3. The minimum Gasteiger partial charge on any atom is -0.299 e. The Kier molecular flexibility index (Phi) is 3.51. The maximum Gasteiger partial charge on any atom is 0.140 e. The van der Waals surface area contributed by atoms with E-state index in [2.05, 4.69) is 13.8 Å². The number of halogens is 2. The van der Waals surface area contributed by atoms with E-state index in [1.807, 2.05) is 0 Å². The van der Waals surface area contributed by atoms with Crippen molar-refractivity contribution in [3.05, 3.63) is 35.4 Å². The van der Waals surface area contributed by atoms with Gasteiger partial charge in [-0.25, -0.2) is 8.78 Å². The molecule has 18 heavy (non-hydrogen) atoms. The maximum atomic E-state index is 13.1. The number of carbonyl (C=O) groups excluding carboxylic acids is 1. The van der Waals surface area contributed by atoms with Gasteiger partial charge in [0.25, 0.3) is 0 Å². The Labute approximate surface area is 106 Å². The molecule has 3 heteroatoms. The average Bonchev–Trinajstić information content (AvgIpc) is 2.56. The highest BCUT2D eigenvalue weighted by molar-refractivity contribution is 5.84. The number of Topliss-reactive ketones (excluding diaryl/α,β-unsaturated/α-hetero) is 1. The van der Waals surface area contributed by atoms with Crippen LogP contribution in [0.15, 0.2) is 18.2 Å². The third kappa shape index (κ3) is 2.77. The van der Waals surface area contributed by atoms with Crippen molar-refractivity contribution in [3.8, 4) is 0 Å². The topological polar surface area (TPSA) is 17.1 Å². The summed E-state index contributed by atoms with van der Waals surface area (Å²) in [5.41, 5.74) is 0.448. The summed E-state index contributed by atoms with van der Waals surface area (Å²) in [6, 6.07) is 3.30. The minimum absolute atomic E-state index is 0.0168. The fourth-order valence-corrected chi connectivity index (χ4v) is 2.96. The second kappa shape index (κ2) is 4.79. The molecule has 1 aliphatic rings. The summed E-state index contributed by atoms with van der Waals surface area (Å²) in [5.74, 6) is -1.13. The molecule has 1 saturated carbocycles. The van der Waals surface area contributed by atoms with Crippen LogP contribution in [0.25, 0.3) is 0 Å². The molecule has 0 radical (unpaired) electrons. The number of benzene rings is 1. The molecule has 1 aromatic carbocycles. The fourth-order valence-electron chi connectivity index (χ4n) is 2.96. The van der Waals surface area contributed by atoms with Crippen LogP contribution in [0.3, 0.4) is 0 Å². The second-order valence-corrected chi connectivity index (χ2v) is 5.85. The van der Waals surface area contributed by atoms with Gasteiger partial charge in [-0.1, -0.05) is 20.3 Å². The lowest BCUT2D eigenvalue weighted by molar-refractivity contribution is -0.124. The van der Waals surface area contributed by atoms with Crippen LogP contribution in [0.1, 0.15) is 38.7 Å². The zero-order valence-corrected chi connectivity index (χ0v) is 10.8. The van der Waals surface area contributed by atoms with E-state index in [4.69, 9.17) is 0 Å². The Morgan fingerprint density at radius 3 is 2.39 bits per heavy atom. The van der Waals surface area contributed by atoms with E-state index >= 15 is 0 Å². The van der Waals surface area contributed by atoms with Crippen LogP contribution in [0.4, 0.5) is 8.78 Å². The molecule has 0 N–H and O–H groups in total. The molecule has 2 rings (SSSR count). The lowest BCUT2D eigenvalue weighted by Gasteiger charge is -2.25. The largest absolute Gasteiger partial charge is 0.299 e. The molecule has 0 spiro atoms. The second-order valence-electron chi connectivity index (χ2n) is 5.85. The van der Waals surface area contributed by atoms with Gasteiger partial charge in [-0.15, -0.1) is 0 Å². The number of hydrogen-bond acceptors (Lipinski definition) is 1. The highest BCUT2D eigenvalue weighted by Crippen LogP contribution is 2.43. The van der Waals surface area contributed by atoms with Crippen molar-refractivity contribution in [1.29, 1.82) is 0 Å². The van der Waals surface area contributed by atoms with E-state index in [0.717, 1.165) is 25.3 Å². The molecule has 0 aromatic heterocycles. The zero-order valence-electron chi connectivity index (χ0n) is 10.8. The molecule has 1 atom stereocenters. The summed E-state index contributed by atoms with van der Waals surface area (Å²) in [7, 11) is 0. The molecule has 1 unspecified atom stereocenters. The summed E-state index contributed by atoms with van der Waals surface area (Å²) in [6.07, 6.45) is 3.12. The van der Waals surface area contributed by atoms with Crippen LogP contribution in [-0.4, -0.2) is 5.78 Å². The van der Waals surface area contributed by atoms with Crippen molar-refractivity contribution in [2.45, 2.75) is 39.5 Å². The number of hydrogen-bond donors (Lipinski definition) is 0. The van der Waals surface area contributed by atoms with E-state index < -0.39 is 11.6 Å². The molecule has 0 heterocycles. The van der Waals surface area contributed by atoms with Crippen molar-refractivity contribution in [2.24, 2.45) is 11.3 Å². The van der Waals surface area contributed by atoms with Crippen molar-refractivity contribution < 1.29 is 13.6 Å². The third-order valence-corrected chi connectivity index (χ3v) is 3.95. The van der Waals surface area contributed by atoms with E-state index in [1.165, 1.54) is 12.1 Å². The SMILES string of the molecule is CC1(C)CCCC1C(=O)Cc1cc(F)cc(F)c1. The van der Waals surface area contributed by atoms with Crippen LogP contribution < -0.4 is 0 Å². The normalized spacial score (nSPS) is 22.1. The molecule has 1 aromatic rings. The van der Waals surface area contributed by atoms with E-state index in [-0.39, 0.29) is 23.5 Å². The Hall–Kier alpha value is -1.25. The quantitative estimate of drug-likeness (QED) is 0.797. The van der Waals surface area contributed by atoms with Gasteiger partial charge in [-0.05, 0) is 36.0 Å². The van der Waals surface area contributed by atoms with E-state index in [1.54, 1.807) is 0 Å². The summed E-state index contributed by atoms with van der Waals surface area (Å²) in [5, 5.41) is 0. The summed E-state index contributed by atoms with van der Waals surface area (Å²) < 4.78 is 26.1. The first-order valence-corrected chi connectivity index (χ1v) is 6.36. The van der Waals surface area contributed by atoms with Gasteiger partial charge in [0, 0.05) is 18.4 Å². The van der Waals surface area contributed by atoms with Gasteiger partial charge in [0.1, 0.15) is 17.4 Å². The monoisotopic (exact) mass is 252 g/mol. The summed E-state index contributed by atoms with van der Waals surface area (Å²) in [6.45, 7) is 4.18. The first-order valence-electron chi connectivity index (χ1n) is 6.36. The Bertz CT molecular complexity index is 445. The molecule has 0 aliphatic heterocycles. The van der Waals surface area contributed by atoms with Gasteiger partial charge in [0.05, 0.1) is 0 Å². The predicted octanol–water partition coefficient (Wildman–Crippen LogP) is 3.90. The van der Waals surface area contributed by atoms with Crippen LogP contribution in [-0.2, 0) is 11.2 Å². The van der Waals surface area contributed by atoms with Gasteiger partial charge in [0.2, 0.25) is 0 Å². The molecule has 98 valence electrons. The minimum atomic E-state index is -0.622. The van der Waals surface area contributed by atoms with Gasteiger partial charge >= 0.3 is 0 Å². The van der Waals surface area contributed by atoms with Gasteiger partial charge in [-0.3, -0.25) is 4.79 Å². The average molecular weight is 252 g/mol. The third-order valence-electron chi connectivity index (χ3n) is 3.95.